The van der Waals surface area contributed by atoms with Gasteiger partial charge in [-0.1, -0.05) is 0 Å². The molecule has 0 unspecified atom stereocenters. The molecular weight excluding hydrogens is 482 g/mol. The maximum absolute atomic E-state index is 14.1. The molecule has 3 aliphatic rings. The zero-order valence-electron chi connectivity index (χ0n) is 21.7. The first kappa shape index (κ1) is 26.6. The summed E-state index contributed by atoms with van der Waals surface area (Å²) in [6, 6.07) is 1.90. The van der Waals surface area contributed by atoms with Gasteiger partial charge < -0.3 is 35.4 Å². The normalized spacial score (nSPS) is 29.2. The van der Waals surface area contributed by atoms with Crippen LogP contribution in [-0.2, 0) is 25.5 Å². The van der Waals surface area contributed by atoms with Crippen LogP contribution in [0.1, 0.15) is 18.1 Å². The summed E-state index contributed by atoms with van der Waals surface area (Å²) in [5.41, 5.74) is -2.36. The molecule has 1 aromatic rings. The molecule has 3 aliphatic carbocycles. The van der Waals surface area contributed by atoms with Gasteiger partial charge in [0.25, 0.3) is 5.91 Å². The van der Waals surface area contributed by atoms with Gasteiger partial charge in [-0.15, -0.1) is 0 Å². The molecule has 0 radical (unpaired) electrons. The molecule has 1 fully saturated rings. The molecule has 4 rings (SSSR count). The highest BCUT2D eigenvalue weighted by molar-refractivity contribution is 6.25. The van der Waals surface area contributed by atoms with Gasteiger partial charge in [0.2, 0.25) is 5.78 Å². The molecule has 11 heteroatoms. The average Bonchev–Trinajstić information content (AvgIpc) is 2.83. The van der Waals surface area contributed by atoms with Crippen LogP contribution in [0.15, 0.2) is 29.0 Å². The van der Waals surface area contributed by atoms with Crippen molar-refractivity contribution in [1.29, 1.82) is 0 Å². The third kappa shape index (κ3) is 3.56. The number of carbonyl (C=O) groups is 3. The minimum absolute atomic E-state index is 0.0501. The Kier molecular flexibility index (Phi) is 6.60. The number of rotatable bonds is 5. The van der Waals surface area contributed by atoms with E-state index < -0.39 is 64.1 Å². The summed E-state index contributed by atoms with van der Waals surface area (Å²) in [4.78, 5) is 43.5. The second-order valence-electron chi connectivity index (χ2n) is 10.0. The molecule has 5 N–H and O–H groups in total. The van der Waals surface area contributed by atoms with Crippen molar-refractivity contribution in [3.8, 4) is 5.75 Å². The molecule has 1 aromatic carbocycles. The zero-order valence-corrected chi connectivity index (χ0v) is 21.7. The summed E-state index contributed by atoms with van der Waals surface area (Å²) < 4.78 is 6.08. The molecule has 0 saturated heterocycles. The quantitative estimate of drug-likeness (QED) is 0.345. The minimum Gasteiger partial charge on any atom is -0.508 e. The van der Waals surface area contributed by atoms with Crippen LogP contribution in [0.25, 0.3) is 5.76 Å². The fourth-order valence-electron chi connectivity index (χ4n) is 6.15. The largest absolute Gasteiger partial charge is 0.508 e. The van der Waals surface area contributed by atoms with Crippen LogP contribution < -0.4 is 10.2 Å². The van der Waals surface area contributed by atoms with Crippen molar-refractivity contribution in [2.45, 2.75) is 31.1 Å². The first-order chi connectivity index (χ1) is 17.3. The number of aliphatic hydroxyl groups excluding tert-OH is 2. The number of amides is 1. The molecule has 0 aromatic heterocycles. The van der Waals surface area contributed by atoms with Gasteiger partial charge in [-0.25, -0.2) is 0 Å². The molecule has 0 spiro atoms. The SMILES string of the molecule is CCO[C@@H]1[C@H]2[C@H](N(C)C)C(=O)C(C(=O)NC)=C(O)[C@@]2(O)C(=O)C2=C(O)c3c(O)ccc(N(C)C)c3C[C@H]21. The van der Waals surface area contributed by atoms with Crippen molar-refractivity contribution in [2.24, 2.45) is 11.8 Å². The lowest BCUT2D eigenvalue weighted by Crippen LogP contribution is -2.70. The number of nitrogens with one attached hydrogen (secondary N) is 1. The molecule has 0 aliphatic heterocycles. The van der Waals surface area contributed by atoms with Crippen molar-refractivity contribution in [2.75, 3.05) is 46.7 Å². The average molecular weight is 516 g/mol. The number of likely N-dealkylation sites (N-methyl/N-ethyl adjacent to an activating group) is 2. The van der Waals surface area contributed by atoms with Gasteiger partial charge in [-0.05, 0) is 45.1 Å². The highest BCUT2D eigenvalue weighted by atomic mass is 16.5. The summed E-state index contributed by atoms with van der Waals surface area (Å²) in [5.74, 6) is -6.73. The van der Waals surface area contributed by atoms with Crippen LogP contribution in [0, 0.1) is 11.8 Å². The van der Waals surface area contributed by atoms with Gasteiger partial charge in [0.15, 0.2) is 11.4 Å². The van der Waals surface area contributed by atoms with Gasteiger partial charge in [0.05, 0.1) is 23.6 Å². The number of anilines is 1. The van der Waals surface area contributed by atoms with Gasteiger partial charge in [-0.3, -0.25) is 19.3 Å². The Morgan fingerprint density at radius 1 is 1.16 bits per heavy atom. The van der Waals surface area contributed by atoms with E-state index in [-0.39, 0.29) is 29.9 Å². The van der Waals surface area contributed by atoms with E-state index in [1.807, 2.05) is 4.90 Å². The second kappa shape index (κ2) is 9.16. The number of hydrogen-bond donors (Lipinski definition) is 5. The number of hydrogen-bond acceptors (Lipinski definition) is 10. The number of carbonyl (C=O) groups excluding carboxylic acids is 3. The number of aromatic hydroxyl groups is 1. The van der Waals surface area contributed by atoms with E-state index in [1.165, 1.54) is 18.0 Å². The highest BCUT2D eigenvalue weighted by Crippen LogP contribution is 2.54. The maximum Gasteiger partial charge on any atom is 0.258 e. The van der Waals surface area contributed by atoms with Crippen LogP contribution in [0.2, 0.25) is 0 Å². The summed E-state index contributed by atoms with van der Waals surface area (Å²) in [6.07, 6.45) is -0.860. The molecule has 11 nitrogen and oxygen atoms in total. The Bertz CT molecular complexity index is 1250. The lowest BCUT2D eigenvalue weighted by molar-refractivity contribution is -0.174. The standard InChI is InChI=1S/C26H33N3O8/c1-7-37-22-12-10-11-13(28(3)4)8-9-14(30)15(11)20(31)16(12)23(33)26(36)18(22)19(29(5)6)21(32)17(24(26)34)25(35)27-2/h8-9,12,18-19,22,30-31,34,36H,7,10H2,1-6H3,(H,27,35)/t12-,18-,19+,22+,26+/m1/s1. The monoisotopic (exact) mass is 515 g/mol. The predicted octanol–water partition coefficient (Wildman–Crippen LogP) is 0.306. The Morgan fingerprint density at radius 2 is 1.81 bits per heavy atom. The Morgan fingerprint density at radius 3 is 2.35 bits per heavy atom. The van der Waals surface area contributed by atoms with E-state index in [2.05, 4.69) is 5.32 Å². The van der Waals surface area contributed by atoms with Crippen molar-refractivity contribution < 1.29 is 39.5 Å². The zero-order chi connectivity index (χ0) is 27.6. The smallest absolute Gasteiger partial charge is 0.258 e. The van der Waals surface area contributed by atoms with Crippen molar-refractivity contribution in [3.63, 3.8) is 0 Å². The molecule has 0 bridgehead atoms. The van der Waals surface area contributed by atoms with E-state index >= 15 is 0 Å². The molecule has 1 saturated carbocycles. The molecule has 37 heavy (non-hydrogen) atoms. The third-order valence-electron chi connectivity index (χ3n) is 7.68. The summed E-state index contributed by atoms with van der Waals surface area (Å²) >= 11 is 0. The van der Waals surface area contributed by atoms with Gasteiger partial charge in [0.1, 0.15) is 22.8 Å². The van der Waals surface area contributed by atoms with Crippen molar-refractivity contribution in [3.05, 3.63) is 40.2 Å². The van der Waals surface area contributed by atoms with Gasteiger partial charge >= 0.3 is 0 Å². The summed E-state index contributed by atoms with van der Waals surface area (Å²) in [7, 11) is 8.01. The Hall–Kier alpha value is -3.41. The number of phenolic OH excluding ortho intramolecular Hbond substituents is 1. The van der Waals surface area contributed by atoms with E-state index in [1.54, 1.807) is 41.2 Å². The van der Waals surface area contributed by atoms with Gasteiger partial charge in [-0.2, -0.15) is 0 Å². The van der Waals surface area contributed by atoms with Crippen LogP contribution in [-0.4, -0.2) is 102 Å². The third-order valence-corrected chi connectivity index (χ3v) is 7.68. The van der Waals surface area contributed by atoms with Crippen LogP contribution >= 0.6 is 0 Å². The van der Waals surface area contributed by atoms with E-state index in [4.69, 9.17) is 4.74 Å². The maximum atomic E-state index is 14.1. The van der Waals surface area contributed by atoms with E-state index in [0.29, 0.717) is 11.3 Å². The van der Waals surface area contributed by atoms with Crippen LogP contribution in [0.5, 0.6) is 5.75 Å². The number of benzene rings is 1. The molecule has 200 valence electrons. The van der Waals surface area contributed by atoms with Crippen LogP contribution in [0.3, 0.4) is 0 Å². The van der Waals surface area contributed by atoms with E-state index in [0.717, 1.165) is 0 Å². The predicted molar refractivity (Wildman–Crippen MR) is 134 cm³/mol. The minimum atomic E-state index is -2.74. The number of ether oxygens (including phenoxy) is 1. The fraction of sp³-hybridized carbons (Fsp3) is 0.500. The summed E-state index contributed by atoms with van der Waals surface area (Å²) in [6.45, 7) is 1.86. The molecule has 5 atom stereocenters. The lowest BCUT2D eigenvalue weighted by Gasteiger charge is -2.54. The first-order valence-corrected chi connectivity index (χ1v) is 12.0. The lowest BCUT2D eigenvalue weighted by atomic mass is 9.56. The molecule has 1 amide bonds. The van der Waals surface area contributed by atoms with Crippen molar-refractivity contribution in [1.82, 2.24) is 10.2 Å². The Labute approximate surface area is 214 Å². The number of ketones is 2. The Balaban J connectivity index is 2.08. The van der Waals surface area contributed by atoms with Crippen molar-refractivity contribution >= 4 is 28.9 Å². The first-order valence-electron chi connectivity index (χ1n) is 12.0. The number of aliphatic hydroxyl groups is 3. The summed E-state index contributed by atoms with van der Waals surface area (Å²) in [5, 5.41) is 47.5. The number of nitrogens with zero attached hydrogens (tertiary/aromatic N) is 2. The van der Waals surface area contributed by atoms with E-state index in [9.17, 15) is 34.8 Å². The van der Waals surface area contributed by atoms with Gasteiger partial charge in [0, 0.05) is 44.9 Å². The highest BCUT2D eigenvalue weighted by Gasteiger charge is 2.68. The molecular formula is C26H33N3O8. The van der Waals surface area contributed by atoms with Crippen LogP contribution in [0.4, 0.5) is 5.69 Å². The number of Topliss-reactive ketones (excluding diaryl/α,β-unsaturated/α-hetero) is 2. The second-order valence-corrected chi connectivity index (χ2v) is 10.0. The topological polar surface area (TPSA) is 160 Å². The number of fused-ring (bicyclic) bond motifs is 3. The fourth-order valence-corrected chi connectivity index (χ4v) is 6.15. The molecule has 0 heterocycles. The number of phenols is 1.